The third-order valence-corrected chi connectivity index (χ3v) is 7.44. The molecule has 2 aromatic rings. The number of imide groups is 1. The highest BCUT2D eigenvalue weighted by Crippen LogP contribution is 2.46. The molecule has 5 rings (SSSR count). The molecule has 8 nitrogen and oxygen atoms in total. The molecule has 0 bridgehead atoms. The van der Waals surface area contributed by atoms with Crippen molar-refractivity contribution in [2.75, 3.05) is 32.8 Å². The lowest BCUT2D eigenvalue weighted by molar-refractivity contribution is -0.141. The Labute approximate surface area is 218 Å². The highest BCUT2D eigenvalue weighted by atomic mass is 16.6. The molecule has 3 heterocycles. The van der Waals surface area contributed by atoms with Gasteiger partial charge in [-0.3, -0.25) is 9.69 Å². The van der Waals surface area contributed by atoms with Crippen molar-refractivity contribution >= 4 is 18.1 Å². The molecule has 1 unspecified atom stereocenters. The summed E-state index contributed by atoms with van der Waals surface area (Å²) < 4.78 is 10.9. The van der Waals surface area contributed by atoms with Crippen LogP contribution < -0.4 is 0 Å². The van der Waals surface area contributed by atoms with Crippen LogP contribution in [0.4, 0.5) is 9.59 Å². The van der Waals surface area contributed by atoms with Gasteiger partial charge in [0.25, 0.3) is 0 Å². The molecule has 2 atom stereocenters. The summed E-state index contributed by atoms with van der Waals surface area (Å²) in [6.45, 7) is 8.47. The number of nitrogens with zero attached hydrogens (tertiary/aromatic N) is 3. The van der Waals surface area contributed by atoms with Crippen LogP contribution in [0, 0.1) is 11.3 Å². The molecule has 2 aromatic carbocycles. The summed E-state index contributed by atoms with van der Waals surface area (Å²) in [4.78, 5) is 44.8. The number of ether oxygens (including phenoxy) is 2. The van der Waals surface area contributed by atoms with Gasteiger partial charge in [0, 0.05) is 38.1 Å². The minimum atomic E-state index is -0.589. The minimum absolute atomic E-state index is 0.191. The van der Waals surface area contributed by atoms with Crippen LogP contribution in [0.1, 0.15) is 31.9 Å². The fourth-order valence-corrected chi connectivity index (χ4v) is 5.80. The Kier molecular flexibility index (Phi) is 6.70. The van der Waals surface area contributed by atoms with E-state index in [1.807, 2.05) is 69.3 Å². The molecule has 0 radical (unpaired) electrons. The second-order valence-corrected chi connectivity index (χ2v) is 11.5. The van der Waals surface area contributed by atoms with Gasteiger partial charge < -0.3 is 14.4 Å². The SMILES string of the molecule is CC(C)(C)OC(=O)N1CC2(CN(Cc3ccccc3)CC2C(=O)N2C(=O)OC[C@@H]2Cc2ccccc2)C1. The number of hydrogen-bond acceptors (Lipinski definition) is 6. The molecule has 0 aromatic heterocycles. The number of likely N-dealkylation sites (tertiary alicyclic amines) is 2. The molecule has 0 N–H and O–H groups in total. The normalized spacial score (nSPS) is 23.2. The lowest BCUT2D eigenvalue weighted by Crippen LogP contribution is -2.65. The topological polar surface area (TPSA) is 79.4 Å². The van der Waals surface area contributed by atoms with Crippen LogP contribution >= 0.6 is 0 Å². The molecule has 196 valence electrons. The number of carbonyl (C=O) groups is 3. The van der Waals surface area contributed by atoms with Crippen LogP contribution in [0.2, 0.25) is 0 Å². The van der Waals surface area contributed by atoms with Crippen molar-refractivity contribution in [2.45, 2.75) is 45.4 Å². The van der Waals surface area contributed by atoms with Crippen molar-refractivity contribution in [3.05, 3.63) is 71.8 Å². The summed E-state index contributed by atoms with van der Waals surface area (Å²) in [6, 6.07) is 19.6. The van der Waals surface area contributed by atoms with Gasteiger partial charge in [0.15, 0.2) is 0 Å². The maximum atomic E-state index is 14.0. The summed E-state index contributed by atoms with van der Waals surface area (Å²) >= 11 is 0. The van der Waals surface area contributed by atoms with Crippen molar-refractivity contribution in [2.24, 2.45) is 11.3 Å². The van der Waals surface area contributed by atoms with Gasteiger partial charge in [0.1, 0.15) is 12.2 Å². The number of benzene rings is 2. The van der Waals surface area contributed by atoms with Gasteiger partial charge >= 0.3 is 12.2 Å². The standard InChI is InChI=1S/C29H35N3O5/c1-28(2,3)37-26(34)31-19-29(20-31)18-30(15-22-12-8-5-9-13-22)16-24(29)25(33)32-23(17-36-27(32)35)14-21-10-6-4-7-11-21/h4-13,23-24H,14-20H2,1-3H3/t23-,24?/m0/s1. The Hall–Kier alpha value is -3.39. The predicted molar refractivity (Wildman–Crippen MR) is 138 cm³/mol. The van der Waals surface area contributed by atoms with Gasteiger partial charge in [-0.05, 0) is 38.3 Å². The van der Waals surface area contributed by atoms with Crippen molar-refractivity contribution < 1.29 is 23.9 Å². The number of carbonyl (C=O) groups excluding carboxylic acids is 3. The number of hydrogen-bond donors (Lipinski definition) is 0. The Morgan fingerprint density at radius 3 is 2.22 bits per heavy atom. The van der Waals surface area contributed by atoms with E-state index in [1.54, 1.807) is 4.90 Å². The molecule has 1 spiro atoms. The van der Waals surface area contributed by atoms with Crippen molar-refractivity contribution in [1.29, 1.82) is 0 Å². The fourth-order valence-electron chi connectivity index (χ4n) is 5.80. The average Bonchev–Trinajstić information content (AvgIpc) is 3.38. The summed E-state index contributed by atoms with van der Waals surface area (Å²) in [5.74, 6) is -0.623. The summed E-state index contributed by atoms with van der Waals surface area (Å²) in [5.41, 5.74) is 1.20. The third kappa shape index (κ3) is 5.34. The fraction of sp³-hybridized carbons (Fsp3) is 0.483. The third-order valence-electron chi connectivity index (χ3n) is 7.44. The molecule has 3 saturated heterocycles. The zero-order valence-electron chi connectivity index (χ0n) is 21.8. The quantitative estimate of drug-likeness (QED) is 0.612. The van der Waals surface area contributed by atoms with E-state index >= 15 is 0 Å². The van der Waals surface area contributed by atoms with Crippen molar-refractivity contribution in [3.8, 4) is 0 Å². The van der Waals surface area contributed by atoms with Crippen molar-refractivity contribution in [1.82, 2.24) is 14.7 Å². The first-order chi connectivity index (χ1) is 17.6. The molecule has 8 heteroatoms. The molecule has 0 aliphatic carbocycles. The van der Waals surface area contributed by atoms with Gasteiger partial charge in [-0.15, -0.1) is 0 Å². The molecular weight excluding hydrogens is 470 g/mol. The number of rotatable bonds is 5. The highest BCUT2D eigenvalue weighted by Gasteiger charge is 2.60. The van der Waals surface area contributed by atoms with Gasteiger partial charge in [0.2, 0.25) is 5.91 Å². The van der Waals surface area contributed by atoms with Gasteiger partial charge in [-0.2, -0.15) is 0 Å². The lowest BCUT2D eigenvalue weighted by Gasteiger charge is -2.50. The van der Waals surface area contributed by atoms with Crippen molar-refractivity contribution in [3.63, 3.8) is 0 Å². The lowest BCUT2D eigenvalue weighted by atomic mass is 9.71. The van der Waals surface area contributed by atoms with Gasteiger partial charge in [0.05, 0.1) is 12.0 Å². The molecule has 37 heavy (non-hydrogen) atoms. The van der Waals surface area contributed by atoms with E-state index in [9.17, 15) is 14.4 Å². The first kappa shape index (κ1) is 25.3. The minimum Gasteiger partial charge on any atom is -0.447 e. The Morgan fingerprint density at radius 1 is 0.973 bits per heavy atom. The maximum Gasteiger partial charge on any atom is 0.416 e. The largest absolute Gasteiger partial charge is 0.447 e. The van der Waals surface area contributed by atoms with Gasteiger partial charge in [-0.25, -0.2) is 14.5 Å². The number of amides is 3. The first-order valence-corrected chi connectivity index (χ1v) is 12.9. The van der Waals surface area contributed by atoms with E-state index in [-0.39, 0.29) is 24.6 Å². The Morgan fingerprint density at radius 2 is 1.59 bits per heavy atom. The van der Waals surface area contributed by atoms with Crippen LogP contribution in [0.15, 0.2) is 60.7 Å². The number of cyclic esters (lactones) is 1. The molecule has 3 amide bonds. The van der Waals surface area contributed by atoms with Crippen LogP contribution in [0.3, 0.4) is 0 Å². The zero-order chi connectivity index (χ0) is 26.2. The second kappa shape index (κ2) is 9.82. The van der Waals surface area contributed by atoms with E-state index in [1.165, 1.54) is 4.90 Å². The first-order valence-electron chi connectivity index (χ1n) is 12.9. The molecular formula is C29H35N3O5. The van der Waals surface area contributed by atoms with E-state index in [2.05, 4.69) is 17.0 Å². The summed E-state index contributed by atoms with van der Waals surface area (Å²) in [5, 5.41) is 0. The molecule has 3 aliphatic heterocycles. The van der Waals surface area contributed by atoms with E-state index in [0.717, 1.165) is 11.1 Å². The summed E-state index contributed by atoms with van der Waals surface area (Å²) in [7, 11) is 0. The van der Waals surface area contributed by atoms with E-state index in [4.69, 9.17) is 9.47 Å². The Balaban J connectivity index is 1.35. The summed E-state index contributed by atoms with van der Waals surface area (Å²) in [6.07, 6.45) is -0.394. The molecule has 0 saturated carbocycles. The molecule has 3 fully saturated rings. The van der Waals surface area contributed by atoms with Crippen LogP contribution in [-0.2, 0) is 27.2 Å². The smallest absolute Gasteiger partial charge is 0.416 e. The predicted octanol–water partition coefficient (Wildman–Crippen LogP) is 3.95. The Bertz CT molecular complexity index is 1140. The highest BCUT2D eigenvalue weighted by molar-refractivity contribution is 5.95. The van der Waals surface area contributed by atoms with Crippen LogP contribution in [-0.4, -0.2) is 77.2 Å². The second-order valence-electron chi connectivity index (χ2n) is 11.5. The monoisotopic (exact) mass is 505 g/mol. The maximum absolute atomic E-state index is 14.0. The van der Waals surface area contributed by atoms with Crippen LogP contribution in [0.5, 0.6) is 0 Å². The average molecular weight is 506 g/mol. The zero-order valence-corrected chi connectivity index (χ0v) is 21.8. The molecule has 3 aliphatic rings. The van der Waals surface area contributed by atoms with Gasteiger partial charge in [-0.1, -0.05) is 60.7 Å². The van der Waals surface area contributed by atoms with E-state index in [0.29, 0.717) is 39.1 Å². The van der Waals surface area contributed by atoms with E-state index < -0.39 is 23.0 Å². The van der Waals surface area contributed by atoms with Crippen LogP contribution in [0.25, 0.3) is 0 Å².